The van der Waals surface area contributed by atoms with Crippen LogP contribution in [-0.2, 0) is 13.3 Å². The van der Waals surface area contributed by atoms with Gasteiger partial charge in [-0.2, -0.15) is 0 Å². The molecule has 1 unspecified atom stereocenters. The van der Waals surface area contributed by atoms with Gasteiger partial charge in [0.1, 0.15) is 5.75 Å². The summed E-state index contributed by atoms with van der Waals surface area (Å²) in [6.45, 7) is 2.07. The lowest BCUT2D eigenvalue weighted by atomic mass is 10.1. The van der Waals surface area contributed by atoms with Gasteiger partial charge >= 0.3 is 8.80 Å². The monoisotopic (exact) mass is 256 g/mol. The van der Waals surface area contributed by atoms with Crippen LogP contribution in [0.15, 0.2) is 24.3 Å². The van der Waals surface area contributed by atoms with E-state index in [2.05, 4.69) is 6.92 Å². The van der Waals surface area contributed by atoms with Crippen LogP contribution in [0.3, 0.4) is 0 Å². The van der Waals surface area contributed by atoms with E-state index in [4.69, 9.17) is 13.3 Å². The van der Waals surface area contributed by atoms with E-state index >= 15 is 0 Å². The highest BCUT2D eigenvalue weighted by molar-refractivity contribution is 6.62. The Labute approximate surface area is 104 Å². The van der Waals surface area contributed by atoms with Gasteiger partial charge in [-0.05, 0) is 24.1 Å². The molecule has 0 aliphatic carbocycles. The first-order valence-electron chi connectivity index (χ1n) is 5.57. The molecule has 0 heterocycles. The third kappa shape index (κ3) is 2.87. The molecule has 96 valence electrons. The van der Waals surface area contributed by atoms with Crippen LogP contribution in [0, 0.1) is 0 Å². The molecule has 1 rings (SSSR count). The van der Waals surface area contributed by atoms with E-state index in [0.717, 1.165) is 12.0 Å². The Kier molecular flexibility index (Phi) is 5.14. The minimum atomic E-state index is -2.69. The maximum absolute atomic E-state index is 9.30. The van der Waals surface area contributed by atoms with Crippen molar-refractivity contribution in [2.75, 3.05) is 21.3 Å². The number of phenols is 1. The van der Waals surface area contributed by atoms with Crippen LogP contribution in [0.2, 0.25) is 0 Å². The van der Waals surface area contributed by atoms with Crippen molar-refractivity contribution >= 4 is 8.80 Å². The van der Waals surface area contributed by atoms with Crippen molar-refractivity contribution in [2.24, 2.45) is 0 Å². The molecule has 1 atom stereocenters. The molecule has 0 amide bonds. The molecule has 0 spiro atoms. The second kappa shape index (κ2) is 6.16. The molecular formula is C12H20O4Si. The van der Waals surface area contributed by atoms with Crippen LogP contribution in [0.5, 0.6) is 5.75 Å². The largest absolute Gasteiger partial charge is 0.508 e. The second-order valence-corrected chi connectivity index (χ2v) is 6.90. The van der Waals surface area contributed by atoms with E-state index in [-0.39, 0.29) is 11.3 Å². The quantitative estimate of drug-likeness (QED) is 0.793. The van der Waals surface area contributed by atoms with Crippen molar-refractivity contribution in [1.29, 1.82) is 0 Å². The first-order chi connectivity index (χ1) is 8.13. The van der Waals surface area contributed by atoms with Gasteiger partial charge in [0.05, 0.1) is 5.54 Å². The first kappa shape index (κ1) is 14.2. The Bertz CT molecular complexity index is 327. The van der Waals surface area contributed by atoms with Crippen LogP contribution in [-0.4, -0.2) is 35.2 Å². The fourth-order valence-electron chi connectivity index (χ4n) is 2.07. The highest BCUT2D eigenvalue weighted by Crippen LogP contribution is 2.32. The van der Waals surface area contributed by atoms with E-state index in [0.29, 0.717) is 0 Å². The normalized spacial score (nSPS) is 13.6. The number of benzene rings is 1. The van der Waals surface area contributed by atoms with Gasteiger partial charge in [0.2, 0.25) is 0 Å². The molecule has 1 aromatic rings. The van der Waals surface area contributed by atoms with Crippen molar-refractivity contribution < 1.29 is 18.4 Å². The summed E-state index contributed by atoms with van der Waals surface area (Å²) in [5.74, 6) is 0.253. The van der Waals surface area contributed by atoms with Gasteiger partial charge in [0.15, 0.2) is 0 Å². The van der Waals surface area contributed by atoms with Crippen molar-refractivity contribution in [3.05, 3.63) is 29.8 Å². The van der Waals surface area contributed by atoms with Crippen LogP contribution >= 0.6 is 0 Å². The van der Waals surface area contributed by atoms with Crippen LogP contribution < -0.4 is 0 Å². The van der Waals surface area contributed by atoms with Gasteiger partial charge in [0.25, 0.3) is 0 Å². The highest BCUT2D eigenvalue weighted by Gasteiger charge is 2.47. The summed E-state index contributed by atoms with van der Waals surface area (Å²) in [4.78, 5) is 0. The Balaban J connectivity index is 3.08. The van der Waals surface area contributed by atoms with Crippen LogP contribution in [0.25, 0.3) is 0 Å². The SMILES string of the molecule is CCC(c1ccc(O)cc1)[Si](OC)(OC)OC. The molecule has 4 nitrogen and oxygen atoms in total. The summed E-state index contributed by atoms with van der Waals surface area (Å²) in [7, 11) is 2.15. The second-order valence-electron chi connectivity index (χ2n) is 3.77. The Morgan fingerprint density at radius 3 is 1.88 bits per heavy atom. The molecule has 0 radical (unpaired) electrons. The molecule has 0 bridgehead atoms. The predicted octanol–water partition coefficient (Wildman–Crippen LogP) is 2.30. The van der Waals surface area contributed by atoms with Gasteiger partial charge in [-0.15, -0.1) is 0 Å². The number of hydrogen-bond donors (Lipinski definition) is 1. The van der Waals surface area contributed by atoms with Crippen molar-refractivity contribution in [1.82, 2.24) is 0 Å². The van der Waals surface area contributed by atoms with Gasteiger partial charge in [0, 0.05) is 21.3 Å². The van der Waals surface area contributed by atoms with Gasteiger partial charge in [-0.25, -0.2) is 0 Å². The predicted molar refractivity (Wildman–Crippen MR) is 67.9 cm³/mol. The van der Waals surface area contributed by atoms with Crippen LogP contribution in [0.4, 0.5) is 0 Å². The van der Waals surface area contributed by atoms with Crippen molar-refractivity contribution in [3.63, 3.8) is 0 Å². The third-order valence-electron chi connectivity index (χ3n) is 2.98. The Morgan fingerprint density at radius 2 is 1.53 bits per heavy atom. The molecule has 0 aliphatic rings. The zero-order chi connectivity index (χ0) is 12.9. The average molecular weight is 256 g/mol. The molecule has 0 fully saturated rings. The summed E-state index contributed by atoms with van der Waals surface area (Å²) in [6, 6.07) is 7.08. The maximum atomic E-state index is 9.30. The number of phenolic OH excluding ortho intramolecular Hbond substituents is 1. The fraction of sp³-hybridized carbons (Fsp3) is 0.500. The number of hydrogen-bond acceptors (Lipinski definition) is 4. The molecule has 5 heteroatoms. The molecular weight excluding hydrogens is 236 g/mol. The van der Waals surface area contributed by atoms with Crippen molar-refractivity contribution in [2.45, 2.75) is 18.9 Å². The minimum Gasteiger partial charge on any atom is -0.508 e. The highest BCUT2D eigenvalue weighted by atomic mass is 28.4. The maximum Gasteiger partial charge on any atom is 0.508 e. The van der Waals surface area contributed by atoms with Crippen LogP contribution in [0.1, 0.15) is 24.4 Å². The molecule has 1 N–H and O–H groups in total. The van der Waals surface area contributed by atoms with E-state index in [1.807, 2.05) is 12.1 Å². The fourth-order valence-corrected chi connectivity index (χ4v) is 4.53. The summed E-state index contributed by atoms with van der Waals surface area (Å²) in [5, 5.41) is 9.30. The lowest BCUT2D eigenvalue weighted by Gasteiger charge is -2.32. The summed E-state index contributed by atoms with van der Waals surface area (Å²) < 4.78 is 16.5. The number of aromatic hydroxyl groups is 1. The zero-order valence-corrected chi connectivity index (χ0v) is 11.8. The molecule has 0 aromatic heterocycles. The molecule has 0 saturated heterocycles. The molecule has 1 aromatic carbocycles. The third-order valence-corrected chi connectivity index (χ3v) is 6.29. The number of rotatable bonds is 6. The zero-order valence-electron chi connectivity index (χ0n) is 10.8. The van der Waals surface area contributed by atoms with Crippen molar-refractivity contribution in [3.8, 4) is 5.75 Å². The van der Waals surface area contributed by atoms with E-state index in [9.17, 15) is 5.11 Å². The molecule has 17 heavy (non-hydrogen) atoms. The first-order valence-corrected chi connectivity index (χ1v) is 7.38. The molecule has 0 saturated carbocycles. The van der Waals surface area contributed by atoms with Gasteiger partial charge in [-0.3, -0.25) is 0 Å². The molecule has 0 aliphatic heterocycles. The van der Waals surface area contributed by atoms with Gasteiger partial charge in [-0.1, -0.05) is 19.1 Å². The van der Waals surface area contributed by atoms with E-state index in [1.54, 1.807) is 33.5 Å². The summed E-state index contributed by atoms with van der Waals surface area (Å²) in [6.07, 6.45) is 0.854. The summed E-state index contributed by atoms with van der Waals surface area (Å²) in [5.41, 5.74) is 1.13. The topological polar surface area (TPSA) is 47.9 Å². The minimum absolute atomic E-state index is 0.0723. The smallest absolute Gasteiger partial charge is 0.508 e. The van der Waals surface area contributed by atoms with E-state index in [1.165, 1.54) is 0 Å². The lowest BCUT2D eigenvalue weighted by Crippen LogP contribution is -2.49. The Morgan fingerprint density at radius 1 is 1.06 bits per heavy atom. The summed E-state index contributed by atoms with van der Waals surface area (Å²) >= 11 is 0. The lowest BCUT2D eigenvalue weighted by molar-refractivity contribution is 0.111. The standard InChI is InChI=1S/C12H20O4Si/c1-5-12(17(14-2,15-3)16-4)10-6-8-11(13)9-7-10/h6-9,12-13H,5H2,1-4H3. The average Bonchev–Trinajstić information content (AvgIpc) is 2.38. The van der Waals surface area contributed by atoms with Gasteiger partial charge < -0.3 is 18.4 Å². The van der Waals surface area contributed by atoms with E-state index < -0.39 is 8.80 Å². The Hall–Kier alpha value is -0.883.